The Labute approximate surface area is 840 Å². The molecule has 9 heterocycles. The largest absolute Gasteiger partial charge is 0.492 e. The van der Waals surface area contributed by atoms with Gasteiger partial charge in [0.15, 0.2) is 58.7 Å². The number of aromatic nitrogens is 3. The molecule has 0 spiro atoms. The van der Waals surface area contributed by atoms with Crippen molar-refractivity contribution in [3.8, 4) is 17.2 Å². The molecule has 23 rings (SSSR count). The summed E-state index contributed by atoms with van der Waals surface area (Å²) in [6.07, 6.45) is 24.8. The highest BCUT2D eigenvalue weighted by atomic mass is 19.1. The molecule has 145 heavy (non-hydrogen) atoms. The molecular weight excluding hydrogens is 1860 g/mol. The topological polar surface area (TPSA) is 390 Å². The van der Waals surface area contributed by atoms with Gasteiger partial charge in [0.1, 0.15) is 58.3 Å². The predicted molar refractivity (Wildman–Crippen MR) is 537 cm³/mol. The summed E-state index contributed by atoms with van der Waals surface area (Å²) in [7, 11) is 4.44. The number of benzene rings is 3. The van der Waals surface area contributed by atoms with Crippen molar-refractivity contribution in [3.63, 3.8) is 0 Å². The first-order valence-corrected chi connectivity index (χ1v) is 52.8. The molecular formula is C112H138F3N9O21. The number of likely N-dealkylation sites (tertiary alicyclic amines) is 1. The number of rotatable bonds is 19. The van der Waals surface area contributed by atoms with Gasteiger partial charge in [-0.1, -0.05) is 51.0 Å². The minimum absolute atomic E-state index is 0.00912. The Bertz CT molecular complexity index is 6800. The second-order valence-corrected chi connectivity index (χ2v) is 46.4. The Balaban J connectivity index is 0.000000174. The van der Waals surface area contributed by atoms with E-state index in [9.17, 15) is 78.6 Å². The molecule has 8 N–H and O–H groups in total. The Kier molecular flexibility index (Phi) is 25.5. The molecule has 11 aliphatic carbocycles. The standard InChI is InChI=1S/C68H82F2N6O12.C23H28FN3O4.C21H28O5/c1-33-50-56(62(85-7)58(54(33)69)73-27-37-11-9-23-71-45(37)29-73)76(41-16-17-41)36(4)52(61(50)81)65(83)88-32-72-24-10-12-38-28-74(30-46(38)72)59-55(70)34(2)49-57(63(59)86-8)75(40-14-15-40)35(3)51(60(49)80)64(82)87-31-48(79)68(84)22-20-44-43-18-13-39-25-42(77)19-21-66(39,5)53(43)47(78)26-67(44,68)6;1-11-16-19(27(14-6-7-14)12(2)17(21(16)28)23(29)30)22(31-3)20(18(11)24)26-9-13-5-4-8-25-15(13)10-26;1-19-7-5-13(23)9-12(19)3-4-14-15-6-8-21(26,17(25)11-22)20(15,2)10-16(24)18(14)19/h19,21,25,37-38,40-41,43-47,53,71,78,84H,9-18,20,22-24,26-32H2,1-8H3;13-15,25H,4-10H2,1-3H3,(H,29,30);5,7,9,14-16,18,22,24,26H,3-4,6,8,10-11H2,1-2H3/t37?,38?,43-,44-,45?,46?,47-,53+,66-,67-,68-;;14-,15-,16-,18+,19-,20-,21-/m0.0/s1. The van der Waals surface area contributed by atoms with Gasteiger partial charge in [0.2, 0.25) is 22.1 Å². The highest BCUT2D eigenvalue weighted by Gasteiger charge is 2.71. The molecule has 0 radical (unpaired) electrons. The van der Waals surface area contributed by atoms with Crippen LogP contribution in [0.3, 0.4) is 0 Å². The van der Waals surface area contributed by atoms with Crippen LogP contribution in [-0.2, 0) is 28.7 Å². The molecule has 6 unspecified atom stereocenters. The summed E-state index contributed by atoms with van der Waals surface area (Å²) in [5.74, 6) is -4.67. The number of hydrogen-bond donors (Lipinski definition) is 8. The molecule has 6 saturated heterocycles. The Morgan fingerprint density at radius 1 is 0.476 bits per heavy atom. The molecule has 9 saturated carbocycles. The lowest BCUT2D eigenvalue weighted by Gasteiger charge is -2.59. The first-order chi connectivity index (χ1) is 69.1. The summed E-state index contributed by atoms with van der Waals surface area (Å²) in [4.78, 5) is 143. The van der Waals surface area contributed by atoms with E-state index < -0.39 is 116 Å². The quantitative estimate of drug-likeness (QED) is 0.0349. The maximum absolute atomic E-state index is 17.6. The maximum Gasteiger partial charge on any atom is 0.345 e. The number of piperidine rings is 3. The third kappa shape index (κ3) is 15.5. The first-order valence-electron chi connectivity index (χ1n) is 52.8. The van der Waals surface area contributed by atoms with Crippen LogP contribution in [0.1, 0.15) is 252 Å². The van der Waals surface area contributed by atoms with Crippen molar-refractivity contribution in [2.75, 3.05) is 115 Å². The fraction of sp³-hybridized carbons (Fsp3) is 0.625. The normalized spacial score (nSPS) is 33.2. The van der Waals surface area contributed by atoms with Gasteiger partial charge in [-0.25, -0.2) is 27.6 Å². The molecule has 33 heteroatoms. The zero-order valence-corrected chi connectivity index (χ0v) is 85.4. The van der Waals surface area contributed by atoms with Gasteiger partial charge in [0, 0.05) is 149 Å². The van der Waals surface area contributed by atoms with Gasteiger partial charge in [-0.05, 0) is 262 Å². The number of aromatic carboxylic acids is 1. The predicted octanol–water partition coefficient (Wildman–Crippen LogP) is 12.7. The highest BCUT2D eigenvalue weighted by molar-refractivity contribution is 6.05. The molecule has 17 aliphatic rings. The number of aliphatic hydroxyl groups excluding tert-OH is 3. The van der Waals surface area contributed by atoms with E-state index in [4.69, 9.17) is 23.7 Å². The van der Waals surface area contributed by atoms with Crippen LogP contribution in [-0.4, -0.2) is 232 Å². The summed E-state index contributed by atoms with van der Waals surface area (Å²) in [6.45, 7) is 21.9. The number of allylic oxidation sites excluding steroid dienone is 8. The fourth-order valence-corrected chi connectivity index (χ4v) is 31.5. The number of halogens is 3. The number of hydrogen-bond acceptors (Lipinski definition) is 26. The van der Waals surface area contributed by atoms with Crippen molar-refractivity contribution in [2.45, 2.75) is 270 Å². The van der Waals surface area contributed by atoms with Gasteiger partial charge in [-0.15, -0.1) is 0 Å². The van der Waals surface area contributed by atoms with E-state index in [1.807, 2.05) is 54.4 Å². The molecule has 778 valence electrons. The van der Waals surface area contributed by atoms with E-state index in [0.717, 1.165) is 114 Å². The maximum atomic E-state index is 17.6. The van der Waals surface area contributed by atoms with Crippen molar-refractivity contribution in [3.05, 3.63) is 146 Å². The summed E-state index contributed by atoms with van der Waals surface area (Å²) < 4.78 is 86.1. The van der Waals surface area contributed by atoms with E-state index in [1.54, 1.807) is 58.9 Å². The van der Waals surface area contributed by atoms with Gasteiger partial charge in [0.25, 0.3) is 0 Å². The molecule has 3 aromatic heterocycles. The summed E-state index contributed by atoms with van der Waals surface area (Å²) >= 11 is 0. The Morgan fingerprint density at radius 3 is 1.25 bits per heavy atom. The first kappa shape index (κ1) is 101. The average Bonchev–Trinajstić information content (AvgIpc) is 1.57. The van der Waals surface area contributed by atoms with Crippen molar-refractivity contribution >= 4 is 90.8 Å². The molecule has 20 atom stereocenters. The second-order valence-electron chi connectivity index (χ2n) is 46.4. The number of carbonyl (C=O) groups excluding carboxylic acids is 6. The number of methoxy groups -OCH3 is 3. The zero-order valence-electron chi connectivity index (χ0n) is 85.4. The average molecular weight is 2000 g/mol. The number of carbonyl (C=O) groups is 7. The number of carboxylic acids is 1. The number of aliphatic hydroxyl groups is 5. The SMILES string of the molecule is COc1c(N2CC3CCCNC3C2)c(F)c(C)c2c(=O)c(C(=O)O)c(C)n(C3CC3)c12.COc1c(N2CC3CCCNC3C2)c(F)c(C)c2c(=O)c(C(=O)OCN3CCCC4CN(c5c(F)c(C)c6c(=O)c(C(=O)OCC(=O)[C@@]7(O)CC[C@H]8[C@@H]9CCC%10=CC(=O)C=C[C@]%10(C)[C@H]9[C@@H](O)C[C@@]87C)c(C)n(C7CC7)c6c5OC)CC43)c(C)n(C3CC3)c12.C[C@]12C=CC(=O)C=C1CC[C@@H]1[C@@H]2[C@@H](O)C[C@@]2(C)[C@H]1CC[C@]2(O)C(=O)CO. The molecule has 0 amide bonds. The number of anilines is 3. The fourth-order valence-electron chi connectivity index (χ4n) is 31.5. The monoisotopic (exact) mass is 2000 g/mol. The Morgan fingerprint density at radius 2 is 0.855 bits per heavy atom. The molecule has 15 fully saturated rings. The van der Waals surface area contributed by atoms with Gasteiger partial charge >= 0.3 is 17.9 Å². The summed E-state index contributed by atoms with van der Waals surface area (Å²) in [5.41, 5.74) is -3.13. The third-order valence-corrected chi connectivity index (χ3v) is 39.1. The van der Waals surface area contributed by atoms with Gasteiger partial charge in [-0.2, -0.15) is 0 Å². The number of aryl methyl sites for hydroxylation is 3. The van der Waals surface area contributed by atoms with E-state index in [1.165, 1.54) is 28.3 Å². The van der Waals surface area contributed by atoms with Crippen LogP contribution in [0.15, 0.2) is 62.0 Å². The number of nitrogens with zero attached hydrogens (tertiary/aromatic N) is 7. The van der Waals surface area contributed by atoms with Crippen LogP contribution in [0.4, 0.5) is 30.2 Å². The number of pyridine rings is 3. The van der Waals surface area contributed by atoms with Crippen LogP contribution in [0.25, 0.3) is 32.7 Å². The zero-order chi connectivity index (χ0) is 103. The van der Waals surface area contributed by atoms with Gasteiger partial charge < -0.3 is 93.4 Å². The number of esters is 2. The Hall–Kier alpha value is -10.4. The van der Waals surface area contributed by atoms with Crippen LogP contribution in [0.5, 0.6) is 17.2 Å². The lowest BCUT2D eigenvalue weighted by atomic mass is 9.46. The van der Waals surface area contributed by atoms with Gasteiger partial charge in [0.05, 0.1) is 66.2 Å². The number of nitrogens with one attached hydrogen (secondary N) is 2. The highest BCUT2D eigenvalue weighted by Crippen LogP contribution is 2.70. The van der Waals surface area contributed by atoms with Crippen LogP contribution in [0, 0.1) is 134 Å². The van der Waals surface area contributed by atoms with Crippen molar-refractivity contribution < 1.29 is 101 Å². The number of ether oxygens (including phenoxy) is 5. The third-order valence-electron chi connectivity index (χ3n) is 39.1. The minimum atomic E-state index is -1.94. The van der Waals surface area contributed by atoms with Crippen LogP contribution in [0.2, 0.25) is 0 Å². The lowest BCUT2D eigenvalue weighted by Crippen LogP contribution is -2.61. The van der Waals surface area contributed by atoms with Crippen LogP contribution >= 0.6 is 0 Å². The summed E-state index contributed by atoms with van der Waals surface area (Å²) in [5, 5.41) is 73.1. The number of Topliss-reactive ketones (excluding diaryl/α,β-unsaturated/α-hetero) is 2. The molecule has 3 aromatic carbocycles. The molecule has 0 bridgehead atoms. The summed E-state index contributed by atoms with van der Waals surface area (Å²) in [6, 6.07) is 0.246. The van der Waals surface area contributed by atoms with E-state index in [-0.39, 0.29) is 175 Å². The van der Waals surface area contributed by atoms with E-state index >= 15 is 13.2 Å². The smallest absolute Gasteiger partial charge is 0.345 e. The van der Waals surface area contributed by atoms with E-state index in [2.05, 4.69) is 29.4 Å². The molecule has 6 aliphatic heterocycles. The van der Waals surface area contributed by atoms with Crippen molar-refractivity contribution in [2.24, 2.45) is 74.9 Å². The number of carboxylic acid groups (broad SMARTS) is 1. The minimum Gasteiger partial charge on any atom is -0.492 e. The van der Waals surface area contributed by atoms with Crippen LogP contribution < -0.4 is 55.8 Å². The van der Waals surface area contributed by atoms with Crippen molar-refractivity contribution in [1.82, 2.24) is 29.2 Å². The lowest BCUT2D eigenvalue weighted by molar-refractivity contribution is -0.178. The van der Waals surface area contributed by atoms with Crippen molar-refractivity contribution in [1.29, 1.82) is 0 Å². The van der Waals surface area contributed by atoms with Gasteiger partial charge in [-0.3, -0.25) is 38.5 Å². The van der Waals surface area contributed by atoms with E-state index in [0.29, 0.717) is 153 Å². The molecule has 30 nitrogen and oxygen atoms in total. The number of ketones is 4. The number of fused-ring (bicyclic) bond motifs is 16. The molecule has 6 aromatic rings. The second kappa shape index (κ2) is 36.8.